The lowest BCUT2D eigenvalue weighted by Gasteiger charge is -2.23. The molecule has 3 rings (SSSR count). The molecule has 0 spiro atoms. The zero-order valence-corrected chi connectivity index (χ0v) is 13.5. The molecule has 0 aromatic heterocycles. The van der Waals surface area contributed by atoms with E-state index in [9.17, 15) is 9.90 Å². The van der Waals surface area contributed by atoms with Gasteiger partial charge in [0.1, 0.15) is 0 Å². The molecule has 3 unspecified atom stereocenters. The van der Waals surface area contributed by atoms with E-state index in [4.69, 9.17) is 14.2 Å². The molecule has 0 radical (unpaired) electrons. The second-order valence-electron chi connectivity index (χ2n) is 6.08. The number of carbonyl (C=O) groups is 1. The van der Waals surface area contributed by atoms with Gasteiger partial charge in [0.25, 0.3) is 0 Å². The molecule has 2 aliphatic heterocycles. The fourth-order valence-electron chi connectivity index (χ4n) is 3.64. The molecule has 6 nitrogen and oxygen atoms in total. The molecular weight excluding hydrogens is 298 g/mol. The topological polar surface area (TPSA) is 68.2 Å². The highest BCUT2D eigenvalue weighted by Gasteiger charge is 2.45. The minimum atomic E-state index is -0.751. The summed E-state index contributed by atoms with van der Waals surface area (Å²) in [4.78, 5) is 14.0. The fourth-order valence-corrected chi connectivity index (χ4v) is 3.64. The number of hydrogen-bond donors (Lipinski definition) is 1. The van der Waals surface area contributed by atoms with E-state index in [1.165, 1.54) is 0 Å². The number of aliphatic carboxylic acids is 1. The van der Waals surface area contributed by atoms with Crippen molar-refractivity contribution in [1.29, 1.82) is 0 Å². The summed E-state index contributed by atoms with van der Waals surface area (Å²) in [6.07, 6.45) is 0.725. The summed E-state index contributed by atoms with van der Waals surface area (Å²) < 4.78 is 16.2. The predicted molar refractivity (Wildman–Crippen MR) is 84.0 cm³/mol. The van der Waals surface area contributed by atoms with Crippen LogP contribution in [0.3, 0.4) is 0 Å². The van der Waals surface area contributed by atoms with Gasteiger partial charge in [-0.3, -0.25) is 4.79 Å². The van der Waals surface area contributed by atoms with Gasteiger partial charge in [-0.05, 0) is 38.1 Å². The van der Waals surface area contributed by atoms with Gasteiger partial charge in [-0.15, -0.1) is 0 Å². The van der Waals surface area contributed by atoms with Gasteiger partial charge >= 0.3 is 5.97 Å². The van der Waals surface area contributed by atoms with E-state index in [0.29, 0.717) is 25.5 Å². The monoisotopic (exact) mass is 321 g/mol. The van der Waals surface area contributed by atoms with Crippen LogP contribution in [-0.4, -0.2) is 55.6 Å². The van der Waals surface area contributed by atoms with Crippen molar-refractivity contribution in [2.75, 3.05) is 33.6 Å². The third kappa shape index (κ3) is 3.14. The van der Waals surface area contributed by atoms with Crippen molar-refractivity contribution >= 4 is 5.97 Å². The number of nitrogens with zero attached hydrogens (tertiary/aromatic N) is 1. The first-order chi connectivity index (χ1) is 11.1. The van der Waals surface area contributed by atoms with Crippen LogP contribution in [0, 0.1) is 5.92 Å². The lowest BCUT2D eigenvalue weighted by molar-refractivity contribution is -0.143. The fraction of sp³-hybridized carbons (Fsp3) is 0.588. The molecule has 0 bridgehead atoms. The van der Waals surface area contributed by atoms with Crippen molar-refractivity contribution in [1.82, 2.24) is 4.90 Å². The summed E-state index contributed by atoms with van der Waals surface area (Å²) in [6.45, 7) is 4.13. The largest absolute Gasteiger partial charge is 0.481 e. The number of carboxylic acid groups (broad SMARTS) is 1. The van der Waals surface area contributed by atoms with Crippen molar-refractivity contribution < 1.29 is 24.1 Å². The summed E-state index contributed by atoms with van der Waals surface area (Å²) in [6, 6.07) is 5.72. The second kappa shape index (κ2) is 6.76. The van der Waals surface area contributed by atoms with E-state index in [0.717, 1.165) is 17.7 Å². The maximum Gasteiger partial charge on any atom is 0.308 e. The molecule has 0 amide bonds. The summed E-state index contributed by atoms with van der Waals surface area (Å²) >= 11 is 0. The Hall–Kier alpha value is -1.79. The van der Waals surface area contributed by atoms with E-state index < -0.39 is 11.9 Å². The first-order valence-corrected chi connectivity index (χ1v) is 8.02. The molecule has 0 saturated carbocycles. The van der Waals surface area contributed by atoms with Gasteiger partial charge in [-0.2, -0.15) is 0 Å². The summed E-state index contributed by atoms with van der Waals surface area (Å²) in [5.41, 5.74) is 0.993. The van der Waals surface area contributed by atoms with Crippen molar-refractivity contribution in [3.63, 3.8) is 0 Å². The molecule has 126 valence electrons. The quantitative estimate of drug-likeness (QED) is 0.808. The van der Waals surface area contributed by atoms with E-state index in [-0.39, 0.29) is 18.8 Å². The highest BCUT2D eigenvalue weighted by molar-refractivity contribution is 5.73. The van der Waals surface area contributed by atoms with E-state index in [2.05, 4.69) is 4.90 Å². The predicted octanol–water partition coefficient (Wildman–Crippen LogP) is 1.94. The summed E-state index contributed by atoms with van der Waals surface area (Å²) in [5, 5.41) is 9.76. The highest BCUT2D eigenvalue weighted by Crippen LogP contribution is 2.42. The molecule has 1 fully saturated rings. The number of likely N-dealkylation sites (tertiary alicyclic amines) is 1. The lowest BCUT2D eigenvalue weighted by atomic mass is 9.84. The highest BCUT2D eigenvalue weighted by atomic mass is 16.7. The molecule has 1 saturated heterocycles. The summed E-state index contributed by atoms with van der Waals surface area (Å²) in [7, 11) is 1.99. The zero-order valence-electron chi connectivity index (χ0n) is 13.5. The van der Waals surface area contributed by atoms with Crippen molar-refractivity contribution in [3.05, 3.63) is 23.8 Å². The number of ether oxygens (including phenoxy) is 3. The Kier molecular flexibility index (Phi) is 4.73. The van der Waals surface area contributed by atoms with Gasteiger partial charge in [0.15, 0.2) is 11.5 Å². The van der Waals surface area contributed by atoms with Crippen molar-refractivity contribution in [2.24, 2.45) is 5.92 Å². The molecule has 1 aromatic carbocycles. The van der Waals surface area contributed by atoms with E-state index >= 15 is 0 Å². The van der Waals surface area contributed by atoms with Gasteiger partial charge in [0.05, 0.1) is 5.92 Å². The van der Waals surface area contributed by atoms with E-state index in [1.54, 1.807) is 0 Å². The molecule has 6 heteroatoms. The van der Waals surface area contributed by atoms with Gasteiger partial charge in [0, 0.05) is 31.7 Å². The Balaban J connectivity index is 1.82. The molecule has 2 heterocycles. The normalized spacial score (nSPS) is 26.6. The van der Waals surface area contributed by atoms with Crippen molar-refractivity contribution in [3.8, 4) is 11.5 Å². The Morgan fingerprint density at radius 2 is 2.17 bits per heavy atom. The van der Waals surface area contributed by atoms with Crippen LogP contribution in [0.4, 0.5) is 0 Å². The van der Waals surface area contributed by atoms with Crippen LogP contribution >= 0.6 is 0 Å². The van der Waals surface area contributed by atoms with Crippen LogP contribution in [0.25, 0.3) is 0 Å². The first-order valence-electron chi connectivity index (χ1n) is 8.02. The SMILES string of the molecule is CCOCCC1C(C(=O)O)C(c2ccc3c(c2)OCO3)CN1C. The smallest absolute Gasteiger partial charge is 0.308 e. The molecule has 0 aliphatic carbocycles. The Labute approximate surface area is 135 Å². The maximum atomic E-state index is 11.9. The number of benzene rings is 1. The second-order valence-corrected chi connectivity index (χ2v) is 6.08. The molecular formula is C17H23NO5. The van der Waals surface area contributed by atoms with Crippen LogP contribution in [0.2, 0.25) is 0 Å². The Morgan fingerprint density at radius 3 is 2.91 bits per heavy atom. The number of rotatable bonds is 6. The number of hydrogen-bond acceptors (Lipinski definition) is 5. The minimum Gasteiger partial charge on any atom is -0.481 e. The number of likely N-dealkylation sites (N-methyl/N-ethyl adjacent to an activating group) is 1. The minimum absolute atomic E-state index is 0.0190. The van der Waals surface area contributed by atoms with Gasteiger partial charge in [0.2, 0.25) is 6.79 Å². The molecule has 3 atom stereocenters. The average Bonchev–Trinajstić information content (AvgIpc) is 3.11. The van der Waals surface area contributed by atoms with Crippen LogP contribution < -0.4 is 9.47 Å². The molecule has 1 N–H and O–H groups in total. The maximum absolute atomic E-state index is 11.9. The average molecular weight is 321 g/mol. The third-order valence-corrected chi connectivity index (χ3v) is 4.77. The van der Waals surface area contributed by atoms with Crippen LogP contribution in [0.5, 0.6) is 11.5 Å². The number of carboxylic acids is 1. The Bertz CT molecular complexity index is 576. The van der Waals surface area contributed by atoms with Gasteiger partial charge in [-0.25, -0.2) is 0 Å². The van der Waals surface area contributed by atoms with Gasteiger partial charge < -0.3 is 24.2 Å². The standard InChI is InChI=1S/C17H23NO5/c1-3-21-7-6-13-16(17(19)20)12(9-18(13)2)11-4-5-14-15(8-11)23-10-22-14/h4-5,8,12-13,16H,3,6-7,9-10H2,1-2H3,(H,19,20). The van der Waals surface area contributed by atoms with Gasteiger partial charge in [-0.1, -0.05) is 6.07 Å². The van der Waals surface area contributed by atoms with Crippen molar-refractivity contribution in [2.45, 2.75) is 25.3 Å². The lowest BCUT2D eigenvalue weighted by Crippen LogP contribution is -2.34. The third-order valence-electron chi connectivity index (χ3n) is 4.77. The van der Waals surface area contributed by atoms with Crippen LogP contribution in [0.1, 0.15) is 24.8 Å². The van der Waals surface area contributed by atoms with E-state index in [1.807, 2.05) is 32.2 Å². The zero-order chi connectivity index (χ0) is 16.4. The summed E-state index contributed by atoms with van der Waals surface area (Å²) in [5.74, 6) is 0.171. The molecule has 23 heavy (non-hydrogen) atoms. The number of fused-ring (bicyclic) bond motifs is 1. The first kappa shape index (κ1) is 16.1. The molecule has 2 aliphatic rings. The van der Waals surface area contributed by atoms with Crippen LogP contribution in [-0.2, 0) is 9.53 Å². The molecule has 1 aromatic rings. The van der Waals surface area contributed by atoms with Crippen LogP contribution in [0.15, 0.2) is 18.2 Å². The Morgan fingerprint density at radius 1 is 1.39 bits per heavy atom.